The largest absolute Gasteiger partial charge is 0.396 e. The summed E-state index contributed by atoms with van der Waals surface area (Å²) < 4.78 is 0. The van der Waals surface area contributed by atoms with Crippen LogP contribution in [0.15, 0.2) is 12.1 Å². The van der Waals surface area contributed by atoms with E-state index in [9.17, 15) is 0 Å². The summed E-state index contributed by atoms with van der Waals surface area (Å²) in [4.78, 5) is 6.12. The summed E-state index contributed by atoms with van der Waals surface area (Å²) in [5.41, 5.74) is 6.29. The number of anilines is 2. The van der Waals surface area contributed by atoms with Crippen molar-refractivity contribution in [2.24, 2.45) is 0 Å². The summed E-state index contributed by atoms with van der Waals surface area (Å²) in [6.45, 7) is 1.70. The molecule has 1 heterocycles. The van der Waals surface area contributed by atoms with Crippen molar-refractivity contribution in [1.29, 1.82) is 5.26 Å². The lowest BCUT2D eigenvalue weighted by atomic mass is 10.3. The van der Waals surface area contributed by atoms with E-state index in [2.05, 4.69) is 10.3 Å². The molecule has 0 fully saturated rings. The van der Waals surface area contributed by atoms with Crippen molar-refractivity contribution in [2.75, 3.05) is 37.8 Å². The van der Waals surface area contributed by atoms with Gasteiger partial charge in [-0.05, 0) is 19.2 Å². The second-order valence-corrected chi connectivity index (χ2v) is 3.24. The van der Waals surface area contributed by atoms with Crippen LogP contribution in [0.1, 0.15) is 5.69 Å². The van der Waals surface area contributed by atoms with E-state index in [0.29, 0.717) is 5.69 Å². The van der Waals surface area contributed by atoms with Gasteiger partial charge in [-0.25, -0.2) is 4.98 Å². The molecular weight excluding hydrogens is 190 g/mol. The maximum atomic E-state index is 8.78. The Morgan fingerprint density at radius 3 is 2.93 bits per heavy atom. The first-order valence-electron chi connectivity index (χ1n) is 4.71. The molecule has 0 atom stereocenters. The van der Waals surface area contributed by atoms with Gasteiger partial charge in [0, 0.05) is 20.1 Å². The van der Waals surface area contributed by atoms with E-state index in [4.69, 9.17) is 11.0 Å². The average Bonchev–Trinajstić information content (AvgIpc) is 2.26. The van der Waals surface area contributed by atoms with Gasteiger partial charge in [0.1, 0.15) is 11.9 Å². The lowest BCUT2D eigenvalue weighted by Crippen LogP contribution is -2.27. The Morgan fingerprint density at radius 2 is 2.33 bits per heavy atom. The van der Waals surface area contributed by atoms with Gasteiger partial charge in [-0.15, -0.1) is 0 Å². The summed E-state index contributed by atoms with van der Waals surface area (Å²) >= 11 is 0. The van der Waals surface area contributed by atoms with E-state index < -0.39 is 0 Å². The van der Waals surface area contributed by atoms with E-state index in [1.807, 2.05) is 31.1 Å². The number of nitrogens with zero attached hydrogens (tertiary/aromatic N) is 3. The zero-order valence-corrected chi connectivity index (χ0v) is 8.99. The van der Waals surface area contributed by atoms with Crippen LogP contribution in [0.3, 0.4) is 0 Å². The molecule has 0 aliphatic rings. The maximum absolute atomic E-state index is 8.78. The van der Waals surface area contributed by atoms with Crippen molar-refractivity contribution in [2.45, 2.75) is 0 Å². The number of nitrogens with two attached hydrogens (primary N) is 1. The van der Waals surface area contributed by atoms with E-state index in [1.165, 1.54) is 0 Å². The number of nitrogens with one attached hydrogen (secondary N) is 1. The molecule has 0 amide bonds. The monoisotopic (exact) mass is 205 g/mol. The van der Waals surface area contributed by atoms with Gasteiger partial charge < -0.3 is 16.0 Å². The summed E-state index contributed by atoms with van der Waals surface area (Å²) in [5.74, 6) is 0.760. The first kappa shape index (κ1) is 11.3. The molecular formula is C10H15N5. The highest BCUT2D eigenvalue weighted by Gasteiger charge is 2.05. The van der Waals surface area contributed by atoms with Gasteiger partial charge in [-0.3, -0.25) is 0 Å². The zero-order valence-electron chi connectivity index (χ0n) is 8.99. The molecule has 0 aliphatic carbocycles. The van der Waals surface area contributed by atoms with Gasteiger partial charge in [0.15, 0.2) is 5.69 Å². The quantitative estimate of drug-likeness (QED) is 0.733. The molecule has 0 aromatic carbocycles. The number of aromatic nitrogens is 1. The van der Waals surface area contributed by atoms with Crippen molar-refractivity contribution >= 4 is 11.5 Å². The number of hydrogen-bond donors (Lipinski definition) is 2. The van der Waals surface area contributed by atoms with Gasteiger partial charge in [0.05, 0.1) is 5.69 Å². The first-order chi connectivity index (χ1) is 7.19. The van der Waals surface area contributed by atoms with Crippen LogP contribution in [0.2, 0.25) is 0 Å². The number of hydrogen-bond acceptors (Lipinski definition) is 5. The minimum Gasteiger partial charge on any atom is -0.396 e. The van der Waals surface area contributed by atoms with Crippen LogP contribution >= 0.6 is 0 Å². The van der Waals surface area contributed by atoms with Crippen LogP contribution in [-0.4, -0.2) is 32.2 Å². The fraction of sp³-hybridized carbons (Fsp3) is 0.400. The highest BCUT2D eigenvalue weighted by molar-refractivity contribution is 5.55. The van der Waals surface area contributed by atoms with Gasteiger partial charge in [0.25, 0.3) is 0 Å². The van der Waals surface area contributed by atoms with Crippen molar-refractivity contribution in [1.82, 2.24) is 10.3 Å². The standard InChI is InChI=1S/C10H15N5/c1-13-5-6-15(2)10-4-3-8(12)9(7-11)14-10/h3-4,13H,5-6,12H2,1-2H3. The van der Waals surface area contributed by atoms with E-state index >= 15 is 0 Å². The molecule has 0 spiro atoms. The molecule has 80 valence electrons. The van der Waals surface area contributed by atoms with E-state index in [1.54, 1.807) is 6.07 Å². The normalized spacial score (nSPS) is 9.67. The summed E-state index contributed by atoms with van der Waals surface area (Å²) in [7, 11) is 3.82. The van der Waals surface area contributed by atoms with Gasteiger partial charge >= 0.3 is 0 Å². The van der Waals surface area contributed by atoms with Crippen LogP contribution in [0, 0.1) is 11.3 Å². The third-order valence-corrected chi connectivity index (χ3v) is 2.11. The third-order valence-electron chi connectivity index (χ3n) is 2.11. The predicted molar refractivity (Wildman–Crippen MR) is 60.6 cm³/mol. The molecule has 15 heavy (non-hydrogen) atoms. The lowest BCUT2D eigenvalue weighted by Gasteiger charge is -2.18. The minimum absolute atomic E-state index is 0.281. The van der Waals surface area contributed by atoms with Crippen molar-refractivity contribution < 1.29 is 0 Å². The molecule has 3 N–H and O–H groups in total. The summed E-state index contributed by atoms with van der Waals surface area (Å²) in [5, 5.41) is 11.8. The Hall–Kier alpha value is -1.80. The minimum atomic E-state index is 0.281. The Morgan fingerprint density at radius 1 is 1.60 bits per heavy atom. The number of nitrogen functional groups attached to an aromatic ring is 1. The zero-order chi connectivity index (χ0) is 11.3. The molecule has 0 unspecified atom stereocenters. The summed E-state index contributed by atoms with van der Waals surface area (Å²) in [6, 6.07) is 5.48. The van der Waals surface area contributed by atoms with Crippen LogP contribution in [0.4, 0.5) is 11.5 Å². The molecule has 0 bridgehead atoms. The highest BCUT2D eigenvalue weighted by atomic mass is 15.2. The van der Waals surface area contributed by atoms with Crippen LogP contribution in [0.25, 0.3) is 0 Å². The maximum Gasteiger partial charge on any atom is 0.165 e. The molecule has 5 nitrogen and oxygen atoms in total. The second-order valence-electron chi connectivity index (χ2n) is 3.24. The Balaban J connectivity index is 2.82. The molecule has 0 radical (unpaired) electrons. The van der Waals surface area contributed by atoms with E-state index in [0.717, 1.165) is 18.9 Å². The first-order valence-corrected chi connectivity index (χ1v) is 4.71. The van der Waals surface area contributed by atoms with Crippen LogP contribution in [-0.2, 0) is 0 Å². The van der Waals surface area contributed by atoms with E-state index in [-0.39, 0.29) is 5.69 Å². The van der Waals surface area contributed by atoms with Crippen molar-refractivity contribution in [3.8, 4) is 6.07 Å². The van der Waals surface area contributed by atoms with Crippen molar-refractivity contribution in [3.05, 3.63) is 17.8 Å². The summed E-state index contributed by atoms with van der Waals surface area (Å²) in [6.07, 6.45) is 0. The van der Waals surface area contributed by atoms with Crippen LogP contribution < -0.4 is 16.0 Å². The Kier molecular flexibility index (Phi) is 3.89. The second kappa shape index (κ2) is 5.17. The van der Waals surface area contributed by atoms with Gasteiger partial charge in [-0.2, -0.15) is 5.26 Å². The van der Waals surface area contributed by atoms with Gasteiger partial charge in [-0.1, -0.05) is 0 Å². The number of rotatable bonds is 4. The van der Waals surface area contributed by atoms with Crippen LogP contribution in [0.5, 0.6) is 0 Å². The number of nitriles is 1. The topological polar surface area (TPSA) is 78.0 Å². The fourth-order valence-corrected chi connectivity index (χ4v) is 1.16. The average molecular weight is 205 g/mol. The molecule has 1 aromatic heterocycles. The number of likely N-dealkylation sites (N-methyl/N-ethyl adjacent to an activating group) is 2. The van der Waals surface area contributed by atoms with Gasteiger partial charge in [0.2, 0.25) is 0 Å². The SMILES string of the molecule is CNCCN(C)c1ccc(N)c(C#N)n1. The Bertz CT molecular complexity index is 369. The molecule has 0 saturated carbocycles. The molecule has 1 rings (SSSR count). The molecule has 1 aromatic rings. The fourth-order valence-electron chi connectivity index (χ4n) is 1.16. The molecule has 0 aliphatic heterocycles. The molecule has 5 heteroatoms. The Labute approximate surface area is 89.5 Å². The highest BCUT2D eigenvalue weighted by Crippen LogP contribution is 2.14. The third kappa shape index (κ3) is 2.82. The number of pyridine rings is 1. The predicted octanol–water partition coefficient (Wildman–Crippen LogP) is 0.191. The lowest BCUT2D eigenvalue weighted by molar-refractivity contribution is 0.761. The smallest absolute Gasteiger partial charge is 0.165 e. The van der Waals surface area contributed by atoms with Crippen molar-refractivity contribution in [3.63, 3.8) is 0 Å². The molecule has 0 saturated heterocycles.